The van der Waals surface area contributed by atoms with Gasteiger partial charge in [-0.15, -0.1) is 0 Å². The molecule has 1 rings (SSSR count). The van der Waals surface area contributed by atoms with Gasteiger partial charge >= 0.3 is 5.97 Å². The molecular weight excluding hydrogens is 284 g/mol. The van der Waals surface area contributed by atoms with E-state index in [-0.39, 0.29) is 6.42 Å². The molecule has 0 aromatic carbocycles. The lowest BCUT2D eigenvalue weighted by Crippen LogP contribution is -2.56. The fourth-order valence-corrected chi connectivity index (χ4v) is 2.89. The number of carbonyl (C=O) groups excluding carboxylic acids is 1. The van der Waals surface area contributed by atoms with Gasteiger partial charge in [0.25, 0.3) is 0 Å². The molecule has 1 unspecified atom stereocenters. The van der Waals surface area contributed by atoms with Crippen molar-refractivity contribution in [1.29, 1.82) is 0 Å². The van der Waals surface area contributed by atoms with Crippen LogP contribution in [0.3, 0.4) is 0 Å². The van der Waals surface area contributed by atoms with Crippen LogP contribution in [-0.2, 0) is 24.3 Å². The zero-order valence-electron chi connectivity index (χ0n) is 12.0. The van der Waals surface area contributed by atoms with E-state index < -0.39 is 34.2 Å². The molecule has 0 aromatic rings. The number of carbonyl (C=O) groups is 1. The SMILES string of the molecule is CCCO[C@@H]1C=C(C(=O)OC)C[C@H](N)C1NS(C)(=O)=O. The summed E-state index contributed by atoms with van der Waals surface area (Å²) in [5.41, 5.74) is 6.39. The van der Waals surface area contributed by atoms with Crippen LogP contribution >= 0.6 is 0 Å². The number of methoxy groups -OCH3 is 1. The van der Waals surface area contributed by atoms with E-state index >= 15 is 0 Å². The number of rotatable bonds is 6. The van der Waals surface area contributed by atoms with E-state index in [1.54, 1.807) is 6.08 Å². The van der Waals surface area contributed by atoms with Crippen LogP contribution in [0, 0.1) is 0 Å². The van der Waals surface area contributed by atoms with Crippen molar-refractivity contribution < 1.29 is 22.7 Å². The number of esters is 1. The molecule has 116 valence electrons. The molecule has 7 nitrogen and oxygen atoms in total. The minimum atomic E-state index is -3.41. The third kappa shape index (κ3) is 4.86. The van der Waals surface area contributed by atoms with Crippen LogP contribution in [-0.4, -0.2) is 52.5 Å². The summed E-state index contributed by atoms with van der Waals surface area (Å²) in [6, 6.07) is -1.14. The van der Waals surface area contributed by atoms with Gasteiger partial charge in [0, 0.05) is 18.2 Å². The van der Waals surface area contributed by atoms with Crippen molar-refractivity contribution in [3.05, 3.63) is 11.6 Å². The van der Waals surface area contributed by atoms with E-state index in [0.29, 0.717) is 12.2 Å². The van der Waals surface area contributed by atoms with Crippen LogP contribution in [0.5, 0.6) is 0 Å². The minimum Gasteiger partial charge on any atom is -0.466 e. The van der Waals surface area contributed by atoms with Crippen molar-refractivity contribution >= 4 is 16.0 Å². The lowest BCUT2D eigenvalue weighted by atomic mass is 9.89. The Labute approximate surface area is 119 Å². The van der Waals surface area contributed by atoms with E-state index in [1.165, 1.54) is 7.11 Å². The van der Waals surface area contributed by atoms with Gasteiger partial charge in [0.15, 0.2) is 0 Å². The molecule has 3 N–H and O–H groups in total. The monoisotopic (exact) mass is 306 g/mol. The van der Waals surface area contributed by atoms with E-state index in [2.05, 4.69) is 9.46 Å². The molecule has 20 heavy (non-hydrogen) atoms. The van der Waals surface area contributed by atoms with Gasteiger partial charge in [-0.1, -0.05) is 6.92 Å². The maximum absolute atomic E-state index is 11.6. The zero-order valence-corrected chi connectivity index (χ0v) is 12.8. The van der Waals surface area contributed by atoms with E-state index in [4.69, 9.17) is 10.5 Å². The second-order valence-corrected chi connectivity index (χ2v) is 6.58. The summed E-state index contributed by atoms with van der Waals surface area (Å²) in [7, 11) is -2.12. The summed E-state index contributed by atoms with van der Waals surface area (Å²) in [5, 5.41) is 0. The fourth-order valence-electron chi connectivity index (χ4n) is 2.08. The number of hydrogen-bond donors (Lipinski definition) is 2. The van der Waals surface area contributed by atoms with Crippen LogP contribution in [0.4, 0.5) is 0 Å². The van der Waals surface area contributed by atoms with Gasteiger partial charge in [-0.05, 0) is 18.9 Å². The number of hydrogen-bond acceptors (Lipinski definition) is 6. The Morgan fingerprint density at radius 1 is 1.55 bits per heavy atom. The fraction of sp³-hybridized carbons (Fsp3) is 0.750. The molecule has 0 aliphatic heterocycles. The Hall–Kier alpha value is -0.960. The van der Waals surface area contributed by atoms with E-state index in [1.807, 2.05) is 6.92 Å². The van der Waals surface area contributed by atoms with Crippen molar-refractivity contribution in [3.63, 3.8) is 0 Å². The van der Waals surface area contributed by atoms with Gasteiger partial charge in [0.2, 0.25) is 10.0 Å². The largest absolute Gasteiger partial charge is 0.466 e. The highest BCUT2D eigenvalue weighted by atomic mass is 32.2. The molecule has 0 aromatic heterocycles. The van der Waals surface area contributed by atoms with Crippen LogP contribution in [0.25, 0.3) is 0 Å². The Morgan fingerprint density at radius 2 is 2.20 bits per heavy atom. The van der Waals surface area contributed by atoms with Gasteiger partial charge in [-0.3, -0.25) is 0 Å². The van der Waals surface area contributed by atoms with Crippen molar-refractivity contribution in [1.82, 2.24) is 4.72 Å². The predicted octanol–water partition coefficient (Wildman–Crippen LogP) is -0.470. The number of sulfonamides is 1. The molecule has 1 aliphatic rings. The highest BCUT2D eigenvalue weighted by molar-refractivity contribution is 7.88. The van der Waals surface area contributed by atoms with Gasteiger partial charge in [-0.2, -0.15) is 0 Å². The highest BCUT2D eigenvalue weighted by Crippen LogP contribution is 2.22. The smallest absolute Gasteiger partial charge is 0.333 e. The second-order valence-electron chi connectivity index (χ2n) is 4.80. The van der Waals surface area contributed by atoms with Gasteiger partial charge < -0.3 is 15.2 Å². The van der Waals surface area contributed by atoms with Crippen molar-refractivity contribution in [2.75, 3.05) is 20.0 Å². The molecule has 0 saturated carbocycles. The number of nitrogens with one attached hydrogen (secondary N) is 1. The molecule has 3 atom stereocenters. The summed E-state index contributed by atoms with van der Waals surface area (Å²) in [6.07, 6.45) is 3.09. The summed E-state index contributed by atoms with van der Waals surface area (Å²) < 4.78 is 35.5. The van der Waals surface area contributed by atoms with E-state index in [0.717, 1.165) is 12.7 Å². The molecule has 0 heterocycles. The predicted molar refractivity (Wildman–Crippen MR) is 74.5 cm³/mol. The van der Waals surface area contributed by atoms with Gasteiger partial charge in [0.05, 0.1) is 25.5 Å². The molecule has 0 spiro atoms. The molecule has 0 fully saturated rings. The van der Waals surface area contributed by atoms with Crippen LogP contribution in [0.15, 0.2) is 11.6 Å². The highest BCUT2D eigenvalue weighted by Gasteiger charge is 2.35. The third-order valence-electron chi connectivity index (χ3n) is 2.95. The van der Waals surface area contributed by atoms with Crippen LogP contribution in [0.2, 0.25) is 0 Å². The first-order valence-electron chi connectivity index (χ1n) is 6.42. The molecule has 0 amide bonds. The lowest BCUT2D eigenvalue weighted by Gasteiger charge is -2.34. The number of ether oxygens (including phenoxy) is 2. The Kier molecular flexibility index (Phi) is 6.12. The first kappa shape index (κ1) is 17.1. The normalized spacial score (nSPS) is 27.0. The van der Waals surface area contributed by atoms with E-state index in [9.17, 15) is 13.2 Å². The standard InChI is InChI=1S/C12H22N2O5S/c1-4-5-19-10-7-8(12(15)18-2)6-9(13)11(10)14-20(3,16)17/h7,9-11,14H,4-6,13H2,1-3H3/t9-,10+,11?/m0/s1. The molecule has 1 aliphatic carbocycles. The van der Waals surface area contributed by atoms with Crippen LogP contribution in [0.1, 0.15) is 19.8 Å². The minimum absolute atomic E-state index is 0.242. The Morgan fingerprint density at radius 3 is 2.70 bits per heavy atom. The number of nitrogens with two attached hydrogens (primary N) is 1. The third-order valence-corrected chi connectivity index (χ3v) is 3.65. The molecule has 0 saturated heterocycles. The summed E-state index contributed by atoms with van der Waals surface area (Å²) in [4.78, 5) is 11.6. The average Bonchev–Trinajstić information content (AvgIpc) is 2.36. The molecule has 0 radical (unpaired) electrons. The Balaban J connectivity index is 2.98. The lowest BCUT2D eigenvalue weighted by molar-refractivity contribution is -0.136. The Bertz CT molecular complexity index is 474. The second kappa shape index (κ2) is 7.16. The summed E-state index contributed by atoms with van der Waals surface area (Å²) >= 11 is 0. The first-order chi connectivity index (χ1) is 9.28. The molecule has 0 bridgehead atoms. The summed E-state index contributed by atoms with van der Waals surface area (Å²) in [5.74, 6) is -0.469. The topological polar surface area (TPSA) is 108 Å². The first-order valence-corrected chi connectivity index (χ1v) is 8.31. The zero-order chi connectivity index (χ0) is 15.3. The van der Waals surface area contributed by atoms with Gasteiger partial charge in [-0.25, -0.2) is 17.9 Å². The molecular formula is C12H22N2O5S. The van der Waals surface area contributed by atoms with Crippen molar-refractivity contribution in [2.24, 2.45) is 5.73 Å². The van der Waals surface area contributed by atoms with Crippen molar-refractivity contribution in [3.8, 4) is 0 Å². The summed E-state index contributed by atoms with van der Waals surface area (Å²) in [6.45, 7) is 2.39. The van der Waals surface area contributed by atoms with Crippen molar-refractivity contribution in [2.45, 2.75) is 38.0 Å². The average molecular weight is 306 g/mol. The maximum atomic E-state index is 11.6. The quantitative estimate of drug-likeness (QED) is 0.642. The maximum Gasteiger partial charge on any atom is 0.333 e. The molecule has 8 heteroatoms. The van der Waals surface area contributed by atoms with Crippen LogP contribution < -0.4 is 10.5 Å². The van der Waals surface area contributed by atoms with Gasteiger partial charge in [0.1, 0.15) is 0 Å².